The van der Waals surface area contributed by atoms with Crippen LogP contribution in [0.15, 0.2) is 373 Å². The highest BCUT2D eigenvalue weighted by Crippen LogP contribution is 2.38. The van der Waals surface area contributed by atoms with E-state index in [1.54, 1.807) is 0 Å². The Balaban J connectivity index is 0.000000134. The van der Waals surface area contributed by atoms with Crippen LogP contribution in [0, 0.1) is 34.6 Å². The number of aryl methyl sites for hydroxylation is 18. The van der Waals surface area contributed by atoms with Gasteiger partial charge in [-0.1, -0.05) is 329 Å². The molecule has 22 rings (SSSR count). The summed E-state index contributed by atoms with van der Waals surface area (Å²) in [7, 11) is 0. The summed E-state index contributed by atoms with van der Waals surface area (Å²) in [5.41, 5.74) is 37.1. The topological polar surface area (TPSA) is 131 Å². The standard InChI is InChI=1S/C49H47N3O.C43H42N4.C43H43N3O/c1-3-4-12-38-31-39(33-40(32-38)16-11-14-37-25-30-47-45(34-37)44-19-8-9-20-46(44)53-47)15-10-13-36-23-28-42(29-24-36)49-51-50-48(41-26-21-35(2)22-27-41)52(49)43-17-6-5-7-18-43;1-5-6-12-33-19-23-40-38(28-33)37-27-31(4)16-22-39(37)47(40)24-9-13-32-17-20-34(21-18-32)41-44-42(35-14-7-10-29(2)25-35)46-43(45-41)36-15-8-11-30(3)26-36;1-3-4-11-33-28-34(30-35(29-33)14-10-27-46-40-17-7-5-15-38(40)39-16-6-8-18-41(39)46)13-9-12-32-21-25-37(26-22-32)43-45-44-42(47-43)36-23-19-31(2)20-24-36/h5-9,17-34H,3-4,10-16H2,1-2H3;7-8,10-11,14-23,25-28H,5-6,9,12-13,24H2,1-4H3;5-8,15-26,28-30H,3-4,9-14,27H2,1-2H3. The van der Waals surface area contributed by atoms with Crippen molar-refractivity contribution in [1.82, 2.24) is 49.0 Å². The molecule has 0 aliphatic rings. The van der Waals surface area contributed by atoms with Crippen LogP contribution in [-0.4, -0.2) is 49.0 Å². The van der Waals surface area contributed by atoms with Crippen molar-refractivity contribution in [3.63, 3.8) is 0 Å². The molecule has 16 aromatic carbocycles. The average molecular weight is 1930 g/mol. The molecule has 0 unspecified atom stereocenters. The van der Waals surface area contributed by atoms with Gasteiger partial charge in [-0.15, -0.1) is 20.4 Å². The number of fused-ring (bicyclic) bond motifs is 9. The van der Waals surface area contributed by atoms with Crippen LogP contribution in [0.25, 0.3) is 151 Å². The number of unbranched alkanes of at least 4 members (excludes halogenated alkanes) is 3. The van der Waals surface area contributed by atoms with Crippen molar-refractivity contribution in [2.45, 2.75) is 210 Å². The van der Waals surface area contributed by atoms with Gasteiger partial charge in [-0.25, -0.2) is 15.0 Å². The molecule has 0 atom stereocenters. The predicted octanol–water partition coefficient (Wildman–Crippen LogP) is 34.4. The lowest BCUT2D eigenvalue weighted by atomic mass is 9.95. The van der Waals surface area contributed by atoms with Crippen molar-refractivity contribution >= 4 is 65.6 Å². The van der Waals surface area contributed by atoms with Crippen molar-refractivity contribution in [1.29, 1.82) is 0 Å². The average Bonchev–Trinajstić information content (AvgIpc) is 1.61. The second-order valence-corrected chi connectivity index (χ2v) is 40.3. The van der Waals surface area contributed by atoms with Crippen LogP contribution in [0.4, 0.5) is 0 Å². The van der Waals surface area contributed by atoms with E-state index in [2.05, 4.69) is 424 Å². The van der Waals surface area contributed by atoms with E-state index in [0.717, 1.165) is 183 Å². The van der Waals surface area contributed by atoms with Gasteiger partial charge in [0.05, 0.1) is 0 Å². The maximum absolute atomic E-state index is 6.05. The molecule has 0 spiro atoms. The van der Waals surface area contributed by atoms with Gasteiger partial charge in [-0.2, -0.15) is 0 Å². The molecular weight excluding hydrogens is 1790 g/mol. The zero-order valence-electron chi connectivity index (χ0n) is 86.4. The molecule has 22 aromatic rings. The van der Waals surface area contributed by atoms with E-state index in [-0.39, 0.29) is 0 Å². The minimum Gasteiger partial charge on any atom is -0.456 e. The van der Waals surface area contributed by atoms with Gasteiger partial charge in [0, 0.05) is 112 Å². The van der Waals surface area contributed by atoms with Gasteiger partial charge in [0.25, 0.3) is 0 Å². The molecule has 0 aliphatic carbocycles. The van der Waals surface area contributed by atoms with Crippen LogP contribution < -0.4 is 0 Å². The van der Waals surface area contributed by atoms with Gasteiger partial charge >= 0.3 is 0 Å². The largest absolute Gasteiger partial charge is 0.456 e. The Bertz CT molecular complexity index is 8120. The summed E-state index contributed by atoms with van der Waals surface area (Å²) in [5, 5.41) is 25.8. The van der Waals surface area contributed by atoms with Crippen molar-refractivity contribution in [2.75, 3.05) is 0 Å². The molecule has 6 heterocycles. The van der Waals surface area contributed by atoms with E-state index in [0.29, 0.717) is 29.3 Å². The van der Waals surface area contributed by atoms with Gasteiger partial charge in [0.2, 0.25) is 11.8 Å². The van der Waals surface area contributed by atoms with E-state index < -0.39 is 0 Å². The molecular formula is C135H132N10O2. The molecule has 734 valence electrons. The second-order valence-electron chi connectivity index (χ2n) is 40.3. The quantitative estimate of drug-likeness (QED) is 0.0373. The highest BCUT2D eigenvalue weighted by Gasteiger charge is 2.22. The van der Waals surface area contributed by atoms with Gasteiger partial charge in [0.15, 0.2) is 29.1 Å². The molecule has 0 amide bonds. The Morgan fingerprint density at radius 3 is 1.04 bits per heavy atom. The number of nitrogens with zero attached hydrogens (tertiary/aromatic N) is 10. The summed E-state index contributed by atoms with van der Waals surface area (Å²) < 4.78 is 19.2. The summed E-state index contributed by atoms with van der Waals surface area (Å²) in [6.07, 6.45) is 24.9. The van der Waals surface area contributed by atoms with Crippen molar-refractivity contribution in [3.8, 4) is 85.5 Å². The molecule has 0 saturated heterocycles. The summed E-state index contributed by atoms with van der Waals surface area (Å²) in [5.74, 6) is 4.89. The van der Waals surface area contributed by atoms with E-state index in [1.165, 1.54) is 182 Å². The minimum absolute atomic E-state index is 0.552. The summed E-state index contributed by atoms with van der Waals surface area (Å²) >= 11 is 0. The van der Waals surface area contributed by atoms with Crippen LogP contribution in [0.1, 0.15) is 180 Å². The number of benzene rings is 16. The Kier molecular flexibility index (Phi) is 31.5. The first-order valence-corrected chi connectivity index (χ1v) is 53.5. The van der Waals surface area contributed by atoms with Gasteiger partial charge in [0.1, 0.15) is 11.2 Å². The summed E-state index contributed by atoms with van der Waals surface area (Å²) in [4.78, 5) is 14.8. The molecule has 12 heteroatoms. The Morgan fingerprint density at radius 2 is 0.551 bits per heavy atom. The molecule has 0 saturated carbocycles. The van der Waals surface area contributed by atoms with E-state index >= 15 is 0 Å². The number of furan rings is 1. The monoisotopic (exact) mass is 1930 g/mol. The number of aromatic nitrogens is 10. The lowest BCUT2D eigenvalue weighted by Crippen LogP contribution is -2.01. The minimum atomic E-state index is 0.552. The number of rotatable bonds is 37. The van der Waals surface area contributed by atoms with E-state index in [1.807, 2.05) is 24.3 Å². The second kappa shape index (κ2) is 46.9. The van der Waals surface area contributed by atoms with Crippen molar-refractivity contribution < 1.29 is 8.83 Å². The van der Waals surface area contributed by atoms with Crippen LogP contribution in [0.2, 0.25) is 0 Å². The number of hydrogen-bond donors (Lipinski definition) is 0. The molecule has 0 fully saturated rings. The Morgan fingerprint density at radius 1 is 0.211 bits per heavy atom. The smallest absolute Gasteiger partial charge is 0.248 e. The molecule has 0 radical (unpaired) electrons. The van der Waals surface area contributed by atoms with Crippen molar-refractivity contribution in [2.24, 2.45) is 0 Å². The fraction of sp³-hybridized carbons (Fsp3) is 0.237. The first kappa shape index (κ1) is 98.6. The molecule has 0 bridgehead atoms. The maximum atomic E-state index is 6.05. The third-order valence-electron chi connectivity index (χ3n) is 28.9. The SMILES string of the molecule is CCCCc1cc(CCCc2ccc(-c3nnc(-c4ccc(C)cc4)n3-c3ccccc3)cc2)cc(CCCc2ccc3oc4ccccc4c3c2)c1.CCCCc1cc(CCCc2ccc(-c3nnc(-c4ccc(C)cc4)o3)cc2)cc(CCCn2c3ccccc3c3ccccc32)c1.CCCCc1ccc2c(c1)c1cc(C)ccc1n2CCCc1ccc(-c2nc(-c3cccc(C)c3)nc(-c3cccc(C)c3)n2)cc1. The number of hydrogen-bond acceptors (Lipinski definition) is 9. The number of para-hydroxylation sites is 4. The third kappa shape index (κ3) is 24.1. The van der Waals surface area contributed by atoms with Crippen LogP contribution >= 0.6 is 0 Å². The zero-order valence-corrected chi connectivity index (χ0v) is 86.4. The van der Waals surface area contributed by atoms with E-state index in [4.69, 9.17) is 28.9 Å². The predicted molar refractivity (Wildman–Crippen MR) is 611 cm³/mol. The third-order valence-corrected chi connectivity index (χ3v) is 28.9. The fourth-order valence-corrected chi connectivity index (χ4v) is 21.0. The lowest BCUT2D eigenvalue weighted by Gasteiger charge is -2.12. The van der Waals surface area contributed by atoms with Crippen LogP contribution in [-0.2, 0) is 83.7 Å². The molecule has 147 heavy (non-hydrogen) atoms. The van der Waals surface area contributed by atoms with Gasteiger partial charge < -0.3 is 18.0 Å². The van der Waals surface area contributed by atoms with E-state index in [9.17, 15) is 0 Å². The Labute approximate surface area is 865 Å². The van der Waals surface area contributed by atoms with Crippen molar-refractivity contribution in [3.05, 3.63) is 453 Å². The molecule has 0 aliphatic heterocycles. The highest BCUT2D eigenvalue weighted by molar-refractivity contribution is 6.10. The maximum Gasteiger partial charge on any atom is 0.248 e. The van der Waals surface area contributed by atoms with Crippen LogP contribution in [0.3, 0.4) is 0 Å². The van der Waals surface area contributed by atoms with Gasteiger partial charge in [-0.05, 0) is 321 Å². The highest BCUT2D eigenvalue weighted by atomic mass is 16.4. The van der Waals surface area contributed by atoms with Crippen LogP contribution in [0.5, 0.6) is 0 Å². The fourth-order valence-electron chi connectivity index (χ4n) is 21.0. The first-order chi connectivity index (χ1) is 72.2. The summed E-state index contributed by atoms with van der Waals surface area (Å²) in [6, 6.07) is 132. The van der Waals surface area contributed by atoms with Gasteiger partial charge in [-0.3, -0.25) is 4.57 Å². The molecule has 6 aromatic heterocycles. The molecule has 12 nitrogen and oxygen atoms in total. The normalized spacial score (nSPS) is 11.5. The lowest BCUT2D eigenvalue weighted by molar-refractivity contribution is 0.584. The molecule has 0 N–H and O–H groups in total. The summed E-state index contributed by atoms with van der Waals surface area (Å²) in [6.45, 7) is 19.4. The first-order valence-electron chi connectivity index (χ1n) is 53.5. The Hall–Kier alpha value is -15.8. The zero-order chi connectivity index (χ0) is 100.